The Morgan fingerprint density at radius 3 is 2.53 bits per heavy atom. The fourth-order valence-corrected chi connectivity index (χ4v) is 1.70. The van der Waals surface area contributed by atoms with Gasteiger partial charge in [0.15, 0.2) is 0 Å². The van der Waals surface area contributed by atoms with Crippen LogP contribution in [-0.2, 0) is 19.1 Å². The lowest BCUT2D eigenvalue weighted by molar-refractivity contribution is -0.141. The Hall–Kier alpha value is -1.14. The van der Waals surface area contributed by atoms with E-state index in [1.165, 1.54) is 7.11 Å². The molecule has 0 saturated carbocycles. The van der Waals surface area contributed by atoms with Gasteiger partial charge in [0.25, 0.3) is 0 Å². The summed E-state index contributed by atoms with van der Waals surface area (Å²) in [5, 5.41) is 2.86. The van der Waals surface area contributed by atoms with Crippen molar-refractivity contribution >= 4 is 11.9 Å². The summed E-state index contributed by atoms with van der Waals surface area (Å²) in [7, 11) is 3.00. The van der Waals surface area contributed by atoms with Crippen LogP contribution in [0.1, 0.15) is 26.7 Å². The van der Waals surface area contributed by atoms with Crippen molar-refractivity contribution in [1.82, 2.24) is 10.2 Å². The molecule has 0 fully saturated rings. The molecule has 0 aromatic rings. The zero-order valence-electron chi connectivity index (χ0n) is 12.4. The van der Waals surface area contributed by atoms with Crippen LogP contribution in [0.15, 0.2) is 0 Å². The molecule has 1 amide bonds. The molecule has 19 heavy (non-hydrogen) atoms. The van der Waals surface area contributed by atoms with Crippen molar-refractivity contribution in [3.8, 4) is 0 Å². The van der Waals surface area contributed by atoms with Gasteiger partial charge < -0.3 is 14.8 Å². The number of hydrogen-bond acceptors (Lipinski definition) is 5. The quantitative estimate of drug-likeness (QED) is 0.462. The van der Waals surface area contributed by atoms with E-state index in [4.69, 9.17) is 4.74 Å². The summed E-state index contributed by atoms with van der Waals surface area (Å²) < 4.78 is 9.51. The van der Waals surface area contributed by atoms with E-state index >= 15 is 0 Å². The Morgan fingerprint density at radius 2 is 2.00 bits per heavy atom. The number of nitrogens with zero attached hydrogens (tertiary/aromatic N) is 1. The fraction of sp³-hybridized carbons (Fsp3) is 0.846. The smallest absolute Gasteiger partial charge is 0.306 e. The maximum Gasteiger partial charge on any atom is 0.306 e. The van der Waals surface area contributed by atoms with E-state index in [0.29, 0.717) is 32.7 Å². The van der Waals surface area contributed by atoms with Crippen LogP contribution in [-0.4, -0.2) is 63.3 Å². The lowest BCUT2D eigenvalue weighted by atomic mass is 10.2. The molecule has 1 atom stereocenters. The van der Waals surface area contributed by atoms with Crippen molar-refractivity contribution in [2.75, 3.05) is 40.5 Å². The maximum absolute atomic E-state index is 11.9. The summed E-state index contributed by atoms with van der Waals surface area (Å²) in [6, 6.07) is -0.253. The van der Waals surface area contributed by atoms with Gasteiger partial charge in [0.2, 0.25) is 5.91 Å². The van der Waals surface area contributed by atoms with Gasteiger partial charge >= 0.3 is 5.97 Å². The first-order valence-corrected chi connectivity index (χ1v) is 6.64. The number of carbonyl (C=O) groups excluding carboxylic acids is 2. The molecule has 0 aromatic carbocycles. The second-order valence-corrected chi connectivity index (χ2v) is 4.27. The summed E-state index contributed by atoms with van der Waals surface area (Å²) >= 11 is 0. The Morgan fingerprint density at radius 1 is 1.32 bits per heavy atom. The number of hydrogen-bond donors (Lipinski definition) is 1. The molecule has 6 nitrogen and oxygen atoms in total. The van der Waals surface area contributed by atoms with Crippen LogP contribution in [0.3, 0.4) is 0 Å². The Balaban J connectivity index is 4.06. The number of nitrogens with one attached hydrogen (secondary N) is 1. The van der Waals surface area contributed by atoms with E-state index in [-0.39, 0.29) is 17.9 Å². The van der Waals surface area contributed by atoms with Crippen LogP contribution in [0.2, 0.25) is 0 Å². The molecule has 0 saturated heterocycles. The van der Waals surface area contributed by atoms with E-state index in [1.54, 1.807) is 7.11 Å². The van der Waals surface area contributed by atoms with Gasteiger partial charge in [0, 0.05) is 26.8 Å². The van der Waals surface area contributed by atoms with Crippen LogP contribution < -0.4 is 5.32 Å². The maximum atomic E-state index is 11.9. The lowest BCUT2D eigenvalue weighted by Gasteiger charge is -2.26. The van der Waals surface area contributed by atoms with Gasteiger partial charge in [-0.2, -0.15) is 0 Å². The summed E-state index contributed by atoms with van der Waals surface area (Å²) in [6.45, 7) is 6.28. The predicted molar refractivity (Wildman–Crippen MR) is 72.8 cm³/mol. The van der Waals surface area contributed by atoms with E-state index in [0.717, 1.165) is 6.42 Å². The van der Waals surface area contributed by atoms with Crippen molar-refractivity contribution in [2.24, 2.45) is 0 Å². The molecule has 0 spiro atoms. The molecular formula is C13H26N2O4. The summed E-state index contributed by atoms with van der Waals surface area (Å²) in [4.78, 5) is 25.0. The third-order valence-electron chi connectivity index (χ3n) is 2.99. The standard InChI is InChI=1S/C13H26N2O4/c1-5-15(9-7-12(16)19-4)11(2)13(17)14-8-6-10-18-3/h11H,5-10H2,1-4H3,(H,14,17). The third-order valence-corrected chi connectivity index (χ3v) is 2.99. The Labute approximate surface area is 115 Å². The van der Waals surface area contributed by atoms with Gasteiger partial charge in [-0.25, -0.2) is 0 Å². The summed E-state index contributed by atoms with van der Waals surface area (Å²) in [5.41, 5.74) is 0. The summed E-state index contributed by atoms with van der Waals surface area (Å²) in [5.74, 6) is -0.283. The lowest BCUT2D eigenvalue weighted by Crippen LogP contribution is -2.46. The highest BCUT2D eigenvalue weighted by Crippen LogP contribution is 2.01. The first kappa shape index (κ1) is 17.9. The topological polar surface area (TPSA) is 67.9 Å². The van der Waals surface area contributed by atoms with Gasteiger partial charge in [-0.05, 0) is 19.9 Å². The van der Waals surface area contributed by atoms with Crippen LogP contribution in [0.4, 0.5) is 0 Å². The Kier molecular flexibility index (Phi) is 10.1. The number of likely N-dealkylation sites (N-methyl/N-ethyl adjacent to an activating group) is 1. The van der Waals surface area contributed by atoms with E-state index in [9.17, 15) is 9.59 Å². The average molecular weight is 274 g/mol. The van der Waals surface area contributed by atoms with Gasteiger partial charge in [-0.15, -0.1) is 0 Å². The average Bonchev–Trinajstić information content (AvgIpc) is 2.43. The van der Waals surface area contributed by atoms with Crippen molar-refractivity contribution in [3.63, 3.8) is 0 Å². The van der Waals surface area contributed by atoms with Crippen LogP contribution in [0.5, 0.6) is 0 Å². The molecule has 0 aromatic heterocycles. The van der Waals surface area contributed by atoms with E-state index in [2.05, 4.69) is 10.1 Å². The Bertz CT molecular complexity index is 271. The first-order valence-electron chi connectivity index (χ1n) is 6.64. The second-order valence-electron chi connectivity index (χ2n) is 4.27. The van der Waals surface area contributed by atoms with Gasteiger partial charge in [0.1, 0.15) is 0 Å². The number of rotatable bonds is 10. The highest BCUT2D eigenvalue weighted by Gasteiger charge is 2.20. The van der Waals surface area contributed by atoms with Crippen molar-refractivity contribution < 1.29 is 19.1 Å². The highest BCUT2D eigenvalue weighted by molar-refractivity contribution is 5.81. The van der Waals surface area contributed by atoms with Crippen molar-refractivity contribution in [2.45, 2.75) is 32.7 Å². The largest absolute Gasteiger partial charge is 0.469 e. The van der Waals surface area contributed by atoms with E-state index in [1.807, 2.05) is 18.7 Å². The number of amides is 1. The van der Waals surface area contributed by atoms with E-state index < -0.39 is 0 Å². The monoisotopic (exact) mass is 274 g/mol. The fourth-order valence-electron chi connectivity index (χ4n) is 1.70. The number of ether oxygens (including phenoxy) is 2. The second kappa shape index (κ2) is 10.8. The molecule has 0 aliphatic heterocycles. The molecular weight excluding hydrogens is 248 g/mol. The zero-order valence-corrected chi connectivity index (χ0v) is 12.4. The minimum Gasteiger partial charge on any atom is -0.469 e. The number of esters is 1. The van der Waals surface area contributed by atoms with Crippen LogP contribution in [0.25, 0.3) is 0 Å². The van der Waals surface area contributed by atoms with Crippen molar-refractivity contribution in [3.05, 3.63) is 0 Å². The third kappa shape index (κ3) is 7.79. The molecule has 0 heterocycles. The number of methoxy groups -OCH3 is 2. The number of carbonyl (C=O) groups is 2. The van der Waals surface area contributed by atoms with Crippen LogP contribution in [0, 0.1) is 0 Å². The minimum absolute atomic E-state index is 0.0252. The molecule has 6 heteroatoms. The molecule has 112 valence electrons. The first-order chi connectivity index (χ1) is 9.06. The molecule has 0 radical (unpaired) electrons. The van der Waals surface area contributed by atoms with Gasteiger partial charge in [0.05, 0.1) is 19.6 Å². The summed E-state index contributed by atoms with van der Waals surface area (Å²) in [6.07, 6.45) is 1.09. The molecule has 1 N–H and O–H groups in total. The molecule has 0 rings (SSSR count). The highest BCUT2D eigenvalue weighted by atomic mass is 16.5. The van der Waals surface area contributed by atoms with Gasteiger partial charge in [-0.3, -0.25) is 14.5 Å². The molecule has 1 unspecified atom stereocenters. The minimum atomic E-state index is -0.258. The van der Waals surface area contributed by atoms with Crippen LogP contribution >= 0.6 is 0 Å². The van der Waals surface area contributed by atoms with Gasteiger partial charge in [-0.1, -0.05) is 6.92 Å². The predicted octanol–water partition coefficient (Wildman–Crippen LogP) is 0.413. The molecule has 0 bridgehead atoms. The molecule has 0 aliphatic rings. The molecule has 0 aliphatic carbocycles. The normalized spacial score (nSPS) is 12.3. The SMILES string of the molecule is CCN(CCC(=O)OC)C(C)C(=O)NCCCOC. The van der Waals surface area contributed by atoms with Crippen molar-refractivity contribution in [1.29, 1.82) is 0 Å². The zero-order chi connectivity index (χ0) is 14.7.